The first-order valence-corrected chi connectivity index (χ1v) is 2.95. The van der Waals surface area contributed by atoms with Gasteiger partial charge in [0.1, 0.15) is 12.0 Å². The molecule has 1 atom stereocenters. The smallest absolute Gasteiger partial charge is 0.449 e. The highest BCUT2D eigenvalue weighted by Gasteiger charge is 2.58. The van der Waals surface area contributed by atoms with Crippen LogP contribution in [0.3, 0.4) is 0 Å². The highest BCUT2D eigenvalue weighted by atomic mass is 19.4. The molecule has 2 nitrogen and oxygen atoms in total. The summed E-state index contributed by atoms with van der Waals surface area (Å²) in [5.41, 5.74) is 0. The van der Waals surface area contributed by atoms with Gasteiger partial charge in [0.25, 0.3) is 0 Å². The fraction of sp³-hybridized carbons (Fsp3) is 0.667. The summed E-state index contributed by atoms with van der Waals surface area (Å²) in [6.45, 7) is 2.23. The average molecular weight is 168 g/mol. The molecule has 1 heterocycles. The number of halogens is 3. The highest BCUT2D eigenvalue weighted by Crippen LogP contribution is 2.39. The molecule has 1 aliphatic rings. The predicted molar refractivity (Wildman–Crippen MR) is 30.4 cm³/mol. The maximum Gasteiger partial charge on any atom is 0.467 e. The van der Waals surface area contributed by atoms with Gasteiger partial charge in [-0.15, -0.1) is 0 Å². The molecule has 0 aromatic heterocycles. The predicted octanol–water partition coefficient (Wildman–Crippen LogP) is 2.17. The van der Waals surface area contributed by atoms with Gasteiger partial charge in [-0.05, 0) is 6.92 Å². The van der Waals surface area contributed by atoms with Gasteiger partial charge >= 0.3 is 12.0 Å². The van der Waals surface area contributed by atoms with E-state index < -0.39 is 12.0 Å². The van der Waals surface area contributed by atoms with Crippen LogP contribution in [0.4, 0.5) is 13.2 Å². The van der Waals surface area contributed by atoms with Gasteiger partial charge < -0.3 is 9.47 Å². The first-order chi connectivity index (χ1) is 4.85. The molecule has 1 unspecified atom stereocenters. The molecule has 0 spiro atoms. The second-order valence-electron chi connectivity index (χ2n) is 2.39. The molecule has 0 aliphatic carbocycles. The monoisotopic (exact) mass is 168 g/mol. The van der Waals surface area contributed by atoms with Crippen LogP contribution < -0.4 is 0 Å². The fourth-order valence-corrected chi connectivity index (χ4v) is 0.675. The first kappa shape index (κ1) is 8.23. The molecule has 11 heavy (non-hydrogen) atoms. The lowest BCUT2D eigenvalue weighted by atomic mass is 10.3. The summed E-state index contributed by atoms with van der Waals surface area (Å²) in [7, 11) is 0. The number of hydrogen-bond donors (Lipinski definition) is 0. The third-order valence-corrected chi connectivity index (χ3v) is 1.32. The lowest BCUT2D eigenvalue weighted by Crippen LogP contribution is -2.43. The van der Waals surface area contributed by atoms with Gasteiger partial charge in [-0.25, -0.2) is 0 Å². The molecule has 0 aromatic carbocycles. The first-order valence-electron chi connectivity index (χ1n) is 2.95. The van der Waals surface area contributed by atoms with Gasteiger partial charge in [-0.1, -0.05) is 0 Å². The summed E-state index contributed by atoms with van der Waals surface area (Å²) in [4.78, 5) is 0. The van der Waals surface area contributed by atoms with Crippen LogP contribution >= 0.6 is 0 Å². The summed E-state index contributed by atoms with van der Waals surface area (Å²) < 4.78 is 44.8. The van der Waals surface area contributed by atoms with Crippen molar-refractivity contribution in [2.75, 3.05) is 0 Å². The topological polar surface area (TPSA) is 18.5 Å². The van der Waals surface area contributed by atoms with E-state index >= 15 is 0 Å². The summed E-state index contributed by atoms with van der Waals surface area (Å²) in [5.74, 6) is -2.36. The third-order valence-electron chi connectivity index (χ3n) is 1.32. The Kier molecular flexibility index (Phi) is 1.54. The fourth-order valence-electron chi connectivity index (χ4n) is 0.675. The van der Waals surface area contributed by atoms with Crippen LogP contribution in [0.25, 0.3) is 0 Å². The zero-order chi connectivity index (χ0) is 8.70. The molecule has 0 bridgehead atoms. The lowest BCUT2D eigenvalue weighted by Gasteiger charge is -2.25. The molecule has 0 radical (unpaired) electrons. The minimum atomic E-state index is -4.50. The third kappa shape index (κ3) is 1.27. The molecule has 0 amide bonds. The van der Waals surface area contributed by atoms with E-state index in [1.165, 1.54) is 6.92 Å². The van der Waals surface area contributed by atoms with Crippen molar-refractivity contribution in [2.45, 2.75) is 25.8 Å². The summed E-state index contributed by atoms with van der Waals surface area (Å²) in [5, 5.41) is 0. The van der Waals surface area contributed by atoms with Crippen molar-refractivity contribution in [3.05, 3.63) is 12.0 Å². The molecule has 0 N–H and O–H groups in total. The van der Waals surface area contributed by atoms with Crippen molar-refractivity contribution in [2.24, 2.45) is 0 Å². The standard InChI is InChI=1S/C6H7F3O2/c1-4-3-10-5(2,11-4)6(7,8)9/h3H,1-2H3. The normalized spacial score (nSPS) is 30.8. The maximum absolute atomic E-state index is 12.0. The molecule has 64 valence electrons. The van der Waals surface area contributed by atoms with Crippen LogP contribution in [0.5, 0.6) is 0 Å². The Morgan fingerprint density at radius 2 is 2.00 bits per heavy atom. The van der Waals surface area contributed by atoms with Crippen molar-refractivity contribution in [1.29, 1.82) is 0 Å². The van der Waals surface area contributed by atoms with E-state index in [1.807, 2.05) is 0 Å². The van der Waals surface area contributed by atoms with Crippen LogP contribution in [0.1, 0.15) is 13.8 Å². The van der Waals surface area contributed by atoms with Crippen molar-refractivity contribution >= 4 is 0 Å². The second kappa shape index (κ2) is 2.06. The van der Waals surface area contributed by atoms with E-state index in [2.05, 4.69) is 9.47 Å². The van der Waals surface area contributed by atoms with E-state index in [1.54, 1.807) is 0 Å². The Labute approximate surface area is 61.6 Å². The number of allylic oxidation sites excluding steroid dienone is 1. The number of rotatable bonds is 0. The molecule has 1 rings (SSSR count). The lowest BCUT2D eigenvalue weighted by molar-refractivity contribution is -0.330. The van der Waals surface area contributed by atoms with Crippen molar-refractivity contribution < 1.29 is 22.6 Å². The zero-order valence-corrected chi connectivity index (χ0v) is 6.03. The summed E-state index contributed by atoms with van der Waals surface area (Å²) in [6, 6.07) is 0. The average Bonchev–Trinajstić information content (AvgIpc) is 2.10. The number of alkyl halides is 3. The second-order valence-corrected chi connectivity index (χ2v) is 2.39. The Bertz CT molecular complexity index is 196. The molecule has 5 heteroatoms. The molecule has 1 aliphatic heterocycles. The molecule has 0 aromatic rings. The molecule has 0 saturated heterocycles. The van der Waals surface area contributed by atoms with Gasteiger partial charge in [-0.2, -0.15) is 13.2 Å². The molecule has 0 fully saturated rings. The van der Waals surface area contributed by atoms with E-state index in [0.29, 0.717) is 0 Å². The van der Waals surface area contributed by atoms with Crippen LogP contribution in [-0.2, 0) is 9.47 Å². The molecular weight excluding hydrogens is 161 g/mol. The Morgan fingerprint density at radius 3 is 2.18 bits per heavy atom. The van der Waals surface area contributed by atoms with E-state index in [0.717, 1.165) is 13.2 Å². The SMILES string of the molecule is CC1=COC(C)(C(F)(F)F)O1. The number of ether oxygens (including phenoxy) is 2. The minimum absolute atomic E-state index is 0.129. The van der Waals surface area contributed by atoms with Gasteiger partial charge in [0.15, 0.2) is 0 Å². The molecular formula is C6H7F3O2. The van der Waals surface area contributed by atoms with Crippen molar-refractivity contribution in [1.82, 2.24) is 0 Å². The molecule has 0 saturated carbocycles. The van der Waals surface area contributed by atoms with Crippen LogP contribution in [0.2, 0.25) is 0 Å². The minimum Gasteiger partial charge on any atom is -0.449 e. The Balaban J connectivity index is 2.74. The van der Waals surface area contributed by atoms with Gasteiger partial charge in [0.05, 0.1) is 0 Å². The summed E-state index contributed by atoms with van der Waals surface area (Å²) >= 11 is 0. The maximum atomic E-state index is 12.0. The van der Waals surface area contributed by atoms with Crippen molar-refractivity contribution in [3.8, 4) is 0 Å². The highest BCUT2D eigenvalue weighted by molar-refractivity contribution is 4.95. The largest absolute Gasteiger partial charge is 0.467 e. The van der Waals surface area contributed by atoms with Crippen LogP contribution in [-0.4, -0.2) is 12.0 Å². The van der Waals surface area contributed by atoms with Crippen LogP contribution in [0, 0.1) is 0 Å². The van der Waals surface area contributed by atoms with Gasteiger partial charge in [-0.3, -0.25) is 0 Å². The van der Waals surface area contributed by atoms with E-state index in [4.69, 9.17) is 0 Å². The number of hydrogen-bond acceptors (Lipinski definition) is 2. The van der Waals surface area contributed by atoms with Gasteiger partial charge in [0, 0.05) is 6.92 Å². The Hall–Kier alpha value is -0.870. The van der Waals surface area contributed by atoms with E-state index in [9.17, 15) is 13.2 Å². The Morgan fingerprint density at radius 1 is 1.45 bits per heavy atom. The van der Waals surface area contributed by atoms with Gasteiger partial charge in [0.2, 0.25) is 0 Å². The van der Waals surface area contributed by atoms with E-state index in [-0.39, 0.29) is 5.76 Å². The zero-order valence-electron chi connectivity index (χ0n) is 6.03. The quantitative estimate of drug-likeness (QED) is 0.551. The van der Waals surface area contributed by atoms with Crippen molar-refractivity contribution in [3.63, 3.8) is 0 Å². The summed E-state index contributed by atoms with van der Waals surface area (Å²) in [6.07, 6.45) is -3.55. The van der Waals surface area contributed by atoms with Crippen LogP contribution in [0.15, 0.2) is 12.0 Å².